The Hall–Kier alpha value is -2.30. The molecule has 5 nitrogen and oxygen atoms in total. The molecule has 0 aromatic heterocycles. The summed E-state index contributed by atoms with van der Waals surface area (Å²) < 4.78 is 10.1. The van der Waals surface area contributed by atoms with Gasteiger partial charge in [0.2, 0.25) is 0 Å². The van der Waals surface area contributed by atoms with E-state index in [2.05, 4.69) is 5.32 Å². The Morgan fingerprint density at radius 1 is 1.35 bits per heavy atom. The molecule has 0 saturated carbocycles. The Morgan fingerprint density at radius 3 is 2.60 bits per heavy atom. The molecular formula is C15H19NO4. The monoisotopic (exact) mass is 277 g/mol. The summed E-state index contributed by atoms with van der Waals surface area (Å²) in [5.74, 6) is 0.392. The van der Waals surface area contributed by atoms with Crippen molar-refractivity contribution in [2.75, 3.05) is 19.0 Å². The van der Waals surface area contributed by atoms with Crippen LogP contribution in [0.3, 0.4) is 0 Å². The minimum atomic E-state index is -0.528. The van der Waals surface area contributed by atoms with Gasteiger partial charge in [0.15, 0.2) is 0 Å². The topological polar surface area (TPSA) is 64.6 Å². The van der Waals surface area contributed by atoms with Crippen LogP contribution in [0.4, 0.5) is 5.69 Å². The van der Waals surface area contributed by atoms with E-state index in [0.29, 0.717) is 19.3 Å². The van der Waals surface area contributed by atoms with Crippen LogP contribution in [0.1, 0.15) is 13.3 Å². The van der Waals surface area contributed by atoms with Crippen LogP contribution in [0.25, 0.3) is 0 Å². The Bertz CT molecular complexity index is 453. The molecule has 0 radical (unpaired) electrons. The lowest BCUT2D eigenvalue weighted by Crippen LogP contribution is -2.30. The third kappa shape index (κ3) is 5.14. The second-order valence-corrected chi connectivity index (χ2v) is 3.98. The molecule has 0 aliphatic carbocycles. The van der Waals surface area contributed by atoms with Crippen LogP contribution in [-0.4, -0.2) is 32.0 Å². The van der Waals surface area contributed by atoms with E-state index < -0.39 is 6.04 Å². The normalized spacial score (nSPS) is 11.9. The number of carbonyl (C=O) groups is 2. The molecule has 0 saturated heterocycles. The van der Waals surface area contributed by atoms with Crippen molar-refractivity contribution in [3.63, 3.8) is 0 Å². The van der Waals surface area contributed by atoms with Gasteiger partial charge >= 0.3 is 5.97 Å². The molecule has 0 aliphatic heterocycles. The van der Waals surface area contributed by atoms with Crippen molar-refractivity contribution >= 4 is 17.9 Å². The molecule has 0 spiro atoms. The molecule has 0 bridgehead atoms. The molecule has 0 fully saturated rings. The summed E-state index contributed by atoms with van der Waals surface area (Å²) in [6.07, 6.45) is 4.05. The third-order valence-electron chi connectivity index (χ3n) is 2.59. The largest absolute Gasteiger partial charge is 0.497 e. The first-order valence-electron chi connectivity index (χ1n) is 6.38. The van der Waals surface area contributed by atoms with Crippen molar-refractivity contribution in [3.8, 4) is 5.75 Å². The zero-order valence-corrected chi connectivity index (χ0v) is 11.7. The number of esters is 1. The highest BCUT2D eigenvalue weighted by Crippen LogP contribution is 2.17. The van der Waals surface area contributed by atoms with Crippen LogP contribution in [0.15, 0.2) is 36.4 Å². The first-order valence-corrected chi connectivity index (χ1v) is 6.38. The van der Waals surface area contributed by atoms with Crippen molar-refractivity contribution in [1.29, 1.82) is 0 Å². The smallest absolute Gasteiger partial charge is 0.328 e. The van der Waals surface area contributed by atoms with Crippen LogP contribution in [0.5, 0.6) is 5.75 Å². The standard InChI is InChI=1S/C15H19NO4/c1-3-20-15(18)14(6-4-5-11-17)16-12-7-9-13(19-2)10-8-12/h4-5,7-11,14,16H,3,6H2,1-2H3/b5-4+. The SMILES string of the molecule is CCOC(=O)C(C/C=C/C=O)Nc1ccc(OC)cc1. The van der Waals surface area contributed by atoms with Gasteiger partial charge in [-0.05, 0) is 43.7 Å². The molecule has 1 rings (SSSR count). The van der Waals surface area contributed by atoms with Crippen molar-refractivity contribution in [2.45, 2.75) is 19.4 Å². The number of rotatable bonds is 8. The first kappa shape index (κ1) is 15.8. The zero-order valence-electron chi connectivity index (χ0n) is 11.7. The second-order valence-electron chi connectivity index (χ2n) is 3.98. The molecule has 0 aliphatic rings. The lowest BCUT2D eigenvalue weighted by atomic mass is 10.1. The third-order valence-corrected chi connectivity index (χ3v) is 2.59. The number of anilines is 1. The van der Waals surface area contributed by atoms with E-state index in [1.807, 2.05) is 12.1 Å². The predicted octanol–water partition coefficient (Wildman–Crippen LogP) is 2.18. The van der Waals surface area contributed by atoms with Gasteiger partial charge in [-0.25, -0.2) is 4.79 Å². The van der Waals surface area contributed by atoms with Crippen LogP contribution in [0, 0.1) is 0 Å². The van der Waals surface area contributed by atoms with Gasteiger partial charge in [-0.15, -0.1) is 0 Å². The average Bonchev–Trinajstić information content (AvgIpc) is 2.47. The zero-order chi connectivity index (χ0) is 14.8. The number of carbonyl (C=O) groups excluding carboxylic acids is 2. The van der Waals surface area contributed by atoms with Crippen molar-refractivity contribution in [3.05, 3.63) is 36.4 Å². The van der Waals surface area contributed by atoms with Crippen molar-refractivity contribution < 1.29 is 19.1 Å². The van der Waals surface area contributed by atoms with Gasteiger partial charge in [-0.2, -0.15) is 0 Å². The van der Waals surface area contributed by atoms with E-state index in [4.69, 9.17) is 9.47 Å². The molecule has 108 valence electrons. The van der Waals surface area contributed by atoms with Crippen LogP contribution in [0.2, 0.25) is 0 Å². The van der Waals surface area contributed by atoms with Gasteiger partial charge in [0.05, 0.1) is 13.7 Å². The molecule has 1 unspecified atom stereocenters. The molecule has 0 amide bonds. The number of hydrogen-bond donors (Lipinski definition) is 1. The fraction of sp³-hybridized carbons (Fsp3) is 0.333. The van der Waals surface area contributed by atoms with Gasteiger partial charge in [-0.1, -0.05) is 6.08 Å². The fourth-order valence-corrected chi connectivity index (χ4v) is 1.62. The van der Waals surface area contributed by atoms with E-state index in [1.54, 1.807) is 32.2 Å². The number of hydrogen-bond acceptors (Lipinski definition) is 5. The van der Waals surface area contributed by atoms with E-state index in [-0.39, 0.29) is 5.97 Å². The summed E-state index contributed by atoms with van der Waals surface area (Å²) in [7, 11) is 1.59. The van der Waals surface area contributed by atoms with Crippen LogP contribution < -0.4 is 10.1 Å². The Labute approximate surface area is 118 Å². The van der Waals surface area contributed by atoms with E-state index in [9.17, 15) is 9.59 Å². The van der Waals surface area contributed by atoms with E-state index in [1.165, 1.54) is 6.08 Å². The van der Waals surface area contributed by atoms with Crippen LogP contribution in [-0.2, 0) is 14.3 Å². The summed E-state index contributed by atoms with van der Waals surface area (Å²) in [4.78, 5) is 22.1. The number of ether oxygens (including phenoxy) is 2. The maximum absolute atomic E-state index is 11.8. The molecule has 5 heteroatoms. The number of aldehydes is 1. The summed E-state index contributed by atoms with van der Waals surface area (Å²) in [6, 6.07) is 6.69. The number of allylic oxidation sites excluding steroid dienone is 1. The van der Waals surface area contributed by atoms with Gasteiger partial charge in [0.1, 0.15) is 18.1 Å². The molecule has 1 aromatic carbocycles. The van der Waals surface area contributed by atoms with Gasteiger partial charge in [0, 0.05) is 5.69 Å². The Kier molecular flexibility index (Phi) is 6.89. The lowest BCUT2D eigenvalue weighted by Gasteiger charge is -2.17. The fourth-order valence-electron chi connectivity index (χ4n) is 1.62. The quantitative estimate of drug-likeness (QED) is 0.448. The highest BCUT2D eigenvalue weighted by molar-refractivity contribution is 5.79. The van der Waals surface area contributed by atoms with E-state index in [0.717, 1.165) is 11.4 Å². The molecule has 0 heterocycles. The summed E-state index contributed by atoms with van der Waals surface area (Å²) in [5.41, 5.74) is 0.781. The highest BCUT2D eigenvalue weighted by Gasteiger charge is 2.18. The molecule has 20 heavy (non-hydrogen) atoms. The number of nitrogens with one attached hydrogen (secondary N) is 1. The summed E-state index contributed by atoms with van der Waals surface area (Å²) >= 11 is 0. The first-order chi connectivity index (χ1) is 9.71. The van der Waals surface area contributed by atoms with Crippen molar-refractivity contribution in [2.24, 2.45) is 0 Å². The van der Waals surface area contributed by atoms with Crippen molar-refractivity contribution in [1.82, 2.24) is 0 Å². The number of benzene rings is 1. The summed E-state index contributed by atoms with van der Waals surface area (Å²) in [5, 5.41) is 3.08. The lowest BCUT2D eigenvalue weighted by molar-refractivity contribution is -0.144. The highest BCUT2D eigenvalue weighted by atomic mass is 16.5. The maximum atomic E-state index is 11.8. The predicted molar refractivity (Wildman–Crippen MR) is 76.9 cm³/mol. The van der Waals surface area contributed by atoms with Gasteiger partial charge < -0.3 is 14.8 Å². The Morgan fingerprint density at radius 2 is 2.05 bits per heavy atom. The second kappa shape index (κ2) is 8.74. The van der Waals surface area contributed by atoms with Gasteiger partial charge in [-0.3, -0.25) is 4.79 Å². The molecule has 1 atom stereocenters. The minimum absolute atomic E-state index is 0.316. The Balaban J connectivity index is 2.73. The van der Waals surface area contributed by atoms with Crippen LogP contribution >= 0.6 is 0 Å². The minimum Gasteiger partial charge on any atom is -0.497 e. The molecule has 1 N–H and O–H groups in total. The average molecular weight is 277 g/mol. The molecule has 1 aromatic rings. The molecular weight excluding hydrogens is 258 g/mol. The summed E-state index contributed by atoms with van der Waals surface area (Å²) in [6.45, 7) is 2.07. The van der Waals surface area contributed by atoms with Gasteiger partial charge in [0.25, 0.3) is 0 Å². The maximum Gasteiger partial charge on any atom is 0.328 e. The van der Waals surface area contributed by atoms with E-state index >= 15 is 0 Å². The number of methoxy groups -OCH3 is 1.